The van der Waals surface area contributed by atoms with Crippen LogP contribution in [0.4, 0.5) is 4.79 Å². The topological polar surface area (TPSA) is 90.9 Å². The predicted molar refractivity (Wildman–Crippen MR) is 85.8 cm³/mol. The van der Waals surface area contributed by atoms with E-state index in [0.29, 0.717) is 11.3 Å². The summed E-state index contributed by atoms with van der Waals surface area (Å²) < 4.78 is 14.1. The van der Waals surface area contributed by atoms with Crippen LogP contribution in [-0.4, -0.2) is 31.3 Å². The fourth-order valence-electron chi connectivity index (χ4n) is 1.84. The van der Waals surface area contributed by atoms with Gasteiger partial charge in [-0.2, -0.15) is 0 Å². The fraction of sp³-hybridized carbons (Fsp3) is 0.353. The average Bonchev–Trinajstić information content (AvgIpc) is 2.53. The van der Waals surface area contributed by atoms with Crippen molar-refractivity contribution in [2.75, 3.05) is 13.2 Å². The number of nitrogens with one attached hydrogen (secondary N) is 1. The molecule has 1 rings (SSSR count). The Labute approximate surface area is 140 Å². The van der Waals surface area contributed by atoms with Crippen molar-refractivity contribution >= 4 is 18.1 Å². The SMILES string of the molecule is CCOC(=O)C=C(C)N[C@H](C(=O)OC(=O)OCC)c1ccccc1. The van der Waals surface area contributed by atoms with Crippen LogP contribution in [0.3, 0.4) is 0 Å². The zero-order chi connectivity index (χ0) is 17.9. The van der Waals surface area contributed by atoms with Gasteiger partial charge in [-0.15, -0.1) is 0 Å². The van der Waals surface area contributed by atoms with Crippen LogP contribution in [0.2, 0.25) is 0 Å². The number of carbonyl (C=O) groups excluding carboxylic acids is 3. The maximum Gasteiger partial charge on any atom is 0.516 e. The Morgan fingerprint density at radius 1 is 1.08 bits per heavy atom. The van der Waals surface area contributed by atoms with Gasteiger partial charge in [-0.05, 0) is 26.3 Å². The van der Waals surface area contributed by atoms with Gasteiger partial charge in [0.05, 0.1) is 13.2 Å². The molecule has 0 unspecified atom stereocenters. The third-order valence-electron chi connectivity index (χ3n) is 2.81. The highest BCUT2D eigenvalue weighted by molar-refractivity contribution is 5.87. The zero-order valence-corrected chi connectivity index (χ0v) is 13.9. The van der Waals surface area contributed by atoms with Crippen LogP contribution in [0.25, 0.3) is 0 Å². The smallest absolute Gasteiger partial charge is 0.463 e. The van der Waals surface area contributed by atoms with Gasteiger partial charge in [0.1, 0.15) is 0 Å². The first kappa shape index (κ1) is 19.2. The summed E-state index contributed by atoms with van der Waals surface area (Å²) in [7, 11) is 0. The van der Waals surface area contributed by atoms with Crippen LogP contribution < -0.4 is 5.32 Å². The Bertz CT molecular complexity index is 596. The summed E-state index contributed by atoms with van der Waals surface area (Å²) in [6.07, 6.45) is 0.147. The quantitative estimate of drug-likeness (QED) is 0.465. The van der Waals surface area contributed by atoms with Crippen molar-refractivity contribution in [2.24, 2.45) is 0 Å². The third-order valence-corrected chi connectivity index (χ3v) is 2.81. The lowest BCUT2D eigenvalue weighted by molar-refractivity contribution is -0.142. The molecule has 0 aliphatic heterocycles. The predicted octanol–water partition coefficient (Wildman–Crippen LogP) is 2.48. The van der Waals surface area contributed by atoms with E-state index in [4.69, 9.17) is 4.74 Å². The number of carbonyl (C=O) groups is 3. The van der Waals surface area contributed by atoms with Crippen LogP contribution in [-0.2, 0) is 23.8 Å². The molecule has 0 aliphatic rings. The second kappa shape index (κ2) is 10.0. The first-order chi connectivity index (χ1) is 11.5. The van der Waals surface area contributed by atoms with E-state index in [0.717, 1.165) is 0 Å². The Kier molecular flexibility index (Phi) is 8.04. The van der Waals surface area contributed by atoms with Gasteiger partial charge in [0, 0.05) is 11.8 Å². The van der Waals surface area contributed by atoms with Crippen LogP contribution in [0, 0.1) is 0 Å². The Balaban J connectivity index is 2.92. The number of allylic oxidation sites excluding steroid dienone is 1. The van der Waals surface area contributed by atoms with Crippen molar-refractivity contribution in [3.05, 3.63) is 47.7 Å². The molecular weight excluding hydrogens is 314 g/mol. The van der Waals surface area contributed by atoms with Crippen LogP contribution in [0.5, 0.6) is 0 Å². The number of ether oxygens (including phenoxy) is 3. The second-order valence-corrected chi connectivity index (χ2v) is 4.67. The van der Waals surface area contributed by atoms with Gasteiger partial charge < -0.3 is 19.5 Å². The highest BCUT2D eigenvalue weighted by Gasteiger charge is 2.25. The molecule has 1 aromatic carbocycles. The lowest BCUT2D eigenvalue weighted by atomic mass is 10.1. The van der Waals surface area contributed by atoms with Gasteiger partial charge in [-0.3, -0.25) is 0 Å². The van der Waals surface area contributed by atoms with E-state index < -0.39 is 24.1 Å². The molecule has 0 aromatic heterocycles. The van der Waals surface area contributed by atoms with Crippen molar-refractivity contribution in [1.29, 1.82) is 0 Å². The maximum atomic E-state index is 12.2. The molecule has 0 heterocycles. The summed E-state index contributed by atoms with van der Waals surface area (Å²) in [6.45, 7) is 5.24. The number of esters is 2. The van der Waals surface area contributed by atoms with E-state index in [1.165, 1.54) is 6.08 Å². The Morgan fingerprint density at radius 2 is 1.71 bits per heavy atom. The second-order valence-electron chi connectivity index (χ2n) is 4.67. The number of hydrogen-bond donors (Lipinski definition) is 1. The molecule has 0 fully saturated rings. The first-order valence-corrected chi connectivity index (χ1v) is 7.52. The first-order valence-electron chi connectivity index (χ1n) is 7.52. The van der Waals surface area contributed by atoms with Gasteiger partial charge in [0.2, 0.25) is 0 Å². The van der Waals surface area contributed by atoms with Gasteiger partial charge in [-0.25, -0.2) is 14.4 Å². The maximum absolute atomic E-state index is 12.2. The summed E-state index contributed by atoms with van der Waals surface area (Å²) in [4.78, 5) is 35.1. The molecule has 130 valence electrons. The third kappa shape index (κ3) is 6.51. The monoisotopic (exact) mass is 335 g/mol. The average molecular weight is 335 g/mol. The van der Waals surface area contributed by atoms with Gasteiger partial charge in [0.25, 0.3) is 0 Å². The van der Waals surface area contributed by atoms with Crippen molar-refractivity contribution in [2.45, 2.75) is 26.8 Å². The molecule has 0 saturated heterocycles. The standard InChI is InChI=1S/C17H21NO6/c1-4-22-14(19)11-12(3)18-15(13-9-7-6-8-10-13)16(20)24-17(21)23-5-2/h6-11,15,18H,4-5H2,1-3H3/t15-/m0/s1. The van der Waals surface area contributed by atoms with Gasteiger partial charge in [-0.1, -0.05) is 30.3 Å². The van der Waals surface area contributed by atoms with E-state index in [1.807, 2.05) is 0 Å². The minimum Gasteiger partial charge on any atom is -0.463 e. The minimum absolute atomic E-state index is 0.0946. The molecule has 0 aliphatic carbocycles. The lowest BCUT2D eigenvalue weighted by Gasteiger charge is -2.18. The number of benzene rings is 1. The van der Waals surface area contributed by atoms with Crippen LogP contribution in [0.1, 0.15) is 32.4 Å². The molecule has 1 atom stereocenters. The van der Waals surface area contributed by atoms with Crippen LogP contribution in [0.15, 0.2) is 42.1 Å². The van der Waals surface area contributed by atoms with Crippen molar-refractivity contribution in [3.63, 3.8) is 0 Å². The molecule has 0 radical (unpaired) electrons. The highest BCUT2D eigenvalue weighted by atomic mass is 16.7. The summed E-state index contributed by atoms with van der Waals surface area (Å²) in [5, 5.41) is 2.85. The highest BCUT2D eigenvalue weighted by Crippen LogP contribution is 2.16. The Hall–Kier alpha value is -2.83. The van der Waals surface area contributed by atoms with Crippen molar-refractivity contribution < 1.29 is 28.6 Å². The van der Waals surface area contributed by atoms with E-state index in [1.54, 1.807) is 51.1 Å². The largest absolute Gasteiger partial charge is 0.516 e. The van der Waals surface area contributed by atoms with E-state index in [2.05, 4.69) is 14.8 Å². The van der Waals surface area contributed by atoms with Gasteiger partial charge >= 0.3 is 18.1 Å². The normalized spacial score (nSPS) is 12.0. The number of rotatable bonds is 7. The number of hydrogen-bond acceptors (Lipinski definition) is 7. The zero-order valence-electron chi connectivity index (χ0n) is 13.9. The van der Waals surface area contributed by atoms with Gasteiger partial charge in [0.15, 0.2) is 6.04 Å². The van der Waals surface area contributed by atoms with E-state index >= 15 is 0 Å². The summed E-state index contributed by atoms with van der Waals surface area (Å²) >= 11 is 0. The Morgan fingerprint density at radius 3 is 2.29 bits per heavy atom. The molecule has 1 aromatic rings. The molecule has 0 saturated carbocycles. The summed E-state index contributed by atoms with van der Waals surface area (Å²) in [6, 6.07) is 7.70. The minimum atomic E-state index is -1.07. The fourth-order valence-corrected chi connectivity index (χ4v) is 1.84. The summed E-state index contributed by atoms with van der Waals surface area (Å²) in [5.74, 6) is -1.37. The molecule has 24 heavy (non-hydrogen) atoms. The van der Waals surface area contributed by atoms with E-state index in [-0.39, 0.29) is 13.2 Å². The molecule has 0 bridgehead atoms. The van der Waals surface area contributed by atoms with Crippen LogP contribution >= 0.6 is 0 Å². The molecule has 7 heteroatoms. The molecule has 0 amide bonds. The summed E-state index contributed by atoms with van der Waals surface area (Å²) in [5.41, 5.74) is 0.964. The molecule has 7 nitrogen and oxygen atoms in total. The molecular formula is C17H21NO6. The molecule has 1 N–H and O–H groups in total. The van der Waals surface area contributed by atoms with Crippen molar-refractivity contribution in [1.82, 2.24) is 5.32 Å². The van der Waals surface area contributed by atoms with Crippen molar-refractivity contribution in [3.8, 4) is 0 Å². The lowest BCUT2D eigenvalue weighted by Crippen LogP contribution is -2.31. The van der Waals surface area contributed by atoms with E-state index in [9.17, 15) is 14.4 Å². The molecule has 0 spiro atoms.